The molecule has 27 heavy (non-hydrogen) atoms. The molecule has 0 bridgehead atoms. The first kappa shape index (κ1) is 18.0. The van der Waals surface area contributed by atoms with Gasteiger partial charge in [-0.2, -0.15) is 0 Å². The summed E-state index contributed by atoms with van der Waals surface area (Å²) in [6, 6.07) is 9.76. The first-order chi connectivity index (χ1) is 12.8. The zero-order valence-electron chi connectivity index (χ0n) is 16.5. The third-order valence-corrected chi connectivity index (χ3v) is 5.37. The summed E-state index contributed by atoms with van der Waals surface area (Å²) in [6.45, 7) is 8.76. The second kappa shape index (κ2) is 6.66. The topological polar surface area (TPSA) is 47.9 Å². The maximum absolute atomic E-state index is 10.5. The lowest BCUT2D eigenvalue weighted by atomic mass is 9.86. The first-order valence-electron chi connectivity index (χ1n) is 9.78. The Morgan fingerprint density at radius 2 is 2.00 bits per heavy atom. The quantitative estimate of drug-likeness (QED) is 0.828. The van der Waals surface area contributed by atoms with Crippen LogP contribution < -0.4 is 14.2 Å². The number of phenols is 1. The third kappa shape index (κ3) is 3.58. The largest absolute Gasteiger partial charge is 0.508 e. The van der Waals surface area contributed by atoms with Gasteiger partial charge in [-0.05, 0) is 64.7 Å². The van der Waals surface area contributed by atoms with Crippen LogP contribution in [0.1, 0.15) is 56.7 Å². The van der Waals surface area contributed by atoms with Gasteiger partial charge in [0.15, 0.2) is 0 Å². The highest BCUT2D eigenvalue weighted by atomic mass is 16.5. The molecule has 2 aliphatic rings. The van der Waals surface area contributed by atoms with E-state index in [2.05, 4.69) is 26.0 Å². The molecule has 0 radical (unpaired) electrons. The minimum Gasteiger partial charge on any atom is -0.508 e. The molecule has 0 saturated heterocycles. The Kier molecular flexibility index (Phi) is 4.45. The standard InChI is InChI=1S/C23H28O4/c1-14(2)26-17-6-7-18(20(24)12-17)16-11-15-5-8-21-19(22(15)25-13-16)9-10-23(3,4)27-21/h5-8,12,14,16,24H,9-11,13H2,1-4H3/t16-/m0/s1. The van der Waals surface area contributed by atoms with Gasteiger partial charge in [0.2, 0.25) is 0 Å². The molecule has 2 aromatic carbocycles. The van der Waals surface area contributed by atoms with Crippen LogP contribution in [0.25, 0.3) is 0 Å². The molecule has 0 amide bonds. The molecule has 0 fully saturated rings. The summed E-state index contributed by atoms with van der Waals surface area (Å²) in [6.07, 6.45) is 2.90. The molecule has 0 aliphatic carbocycles. The van der Waals surface area contributed by atoms with Crippen molar-refractivity contribution in [2.75, 3.05) is 6.61 Å². The van der Waals surface area contributed by atoms with Crippen molar-refractivity contribution in [2.24, 2.45) is 0 Å². The summed E-state index contributed by atoms with van der Waals surface area (Å²) < 4.78 is 18.0. The Labute approximate surface area is 161 Å². The van der Waals surface area contributed by atoms with Gasteiger partial charge in [0.05, 0.1) is 12.7 Å². The smallest absolute Gasteiger partial charge is 0.129 e. The van der Waals surface area contributed by atoms with Gasteiger partial charge in [-0.15, -0.1) is 0 Å². The van der Waals surface area contributed by atoms with Gasteiger partial charge in [0, 0.05) is 23.1 Å². The number of hydrogen-bond acceptors (Lipinski definition) is 4. The predicted molar refractivity (Wildman–Crippen MR) is 105 cm³/mol. The molecule has 0 unspecified atom stereocenters. The molecule has 0 aromatic heterocycles. The highest BCUT2D eigenvalue weighted by molar-refractivity contribution is 5.54. The van der Waals surface area contributed by atoms with Crippen LogP contribution in [-0.2, 0) is 12.8 Å². The fourth-order valence-electron chi connectivity index (χ4n) is 4.03. The minimum absolute atomic E-state index is 0.0820. The Morgan fingerprint density at radius 3 is 2.74 bits per heavy atom. The molecule has 0 saturated carbocycles. The first-order valence-corrected chi connectivity index (χ1v) is 9.78. The van der Waals surface area contributed by atoms with Gasteiger partial charge in [0.1, 0.15) is 28.6 Å². The summed E-state index contributed by atoms with van der Waals surface area (Å²) in [5, 5.41) is 10.5. The molecular formula is C23H28O4. The van der Waals surface area contributed by atoms with Crippen molar-refractivity contribution in [3.63, 3.8) is 0 Å². The normalized spacial score (nSPS) is 20.3. The lowest BCUT2D eigenvalue weighted by molar-refractivity contribution is 0.0826. The molecule has 4 heteroatoms. The minimum atomic E-state index is -0.121. The summed E-state index contributed by atoms with van der Waals surface area (Å²) in [4.78, 5) is 0. The number of aromatic hydroxyl groups is 1. The van der Waals surface area contributed by atoms with Crippen LogP contribution in [0.5, 0.6) is 23.0 Å². The lowest BCUT2D eigenvalue weighted by Crippen LogP contribution is -2.33. The number of rotatable bonds is 3. The Morgan fingerprint density at radius 1 is 1.19 bits per heavy atom. The third-order valence-electron chi connectivity index (χ3n) is 5.37. The van der Waals surface area contributed by atoms with Crippen LogP contribution in [0.2, 0.25) is 0 Å². The Balaban J connectivity index is 1.58. The molecular weight excluding hydrogens is 340 g/mol. The average Bonchev–Trinajstić information content (AvgIpc) is 2.59. The van der Waals surface area contributed by atoms with E-state index in [9.17, 15) is 5.11 Å². The highest BCUT2D eigenvalue weighted by Crippen LogP contribution is 2.45. The van der Waals surface area contributed by atoms with Crippen LogP contribution in [0.3, 0.4) is 0 Å². The van der Waals surface area contributed by atoms with Gasteiger partial charge in [-0.3, -0.25) is 0 Å². The number of hydrogen-bond donors (Lipinski definition) is 1. The lowest BCUT2D eigenvalue weighted by Gasteiger charge is -2.35. The van der Waals surface area contributed by atoms with Crippen LogP contribution in [0.4, 0.5) is 0 Å². The van der Waals surface area contributed by atoms with Crippen LogP contribution in [-0.4, -0.2) is 23.4 Å². The van der Waals surface area contributed by atoms with E-state index in [1.54, 1.807) is 6.07 Å². The van der Waals surface area contributed by atoms with Crippen LogP contribution in [0, 0.1) is 0 Å². The van der Waals surface area contributed by atoms with Crippen LogP contribution in [0.15, 0.2) is 30.3 Å². The molecule has 0 spiro atoms. The van der Waals surface area contributed by atoms with E-state index in [-0.39, 0.29) is 23.4 Å². The van der Waals surface area contributed by atoms with Crippen LogP contribution >= 0.6 is 0 Å². The molecule has 1 atom stereocenters. The van der Waals surface area contributed by atoms with E-state index < -0.39 is 0 Å². The van der Waals surface area contributed by atoms with E-state index in [0.717, 1.165) is 36.3 Å². The summed E-state index contributed by atoms with van der Waals surface area (Å²) in [7, 11) is 0. The van der Waals surface area contributed by atoms with Gasteiger partial charge >= 0.3 is 0 Å². The summed E-state index contributed by atoms with van der Waals surface area (Å²) in [5.74, 6) is 3.02. The van der Waals surface area contributed by atoms with Crippen molar-refractivity contribution in [3.05, 3.63) is 47.0 Å². The average molecular weight is 368 g/mol. The zero-order valence-corrected chi connectivity index (χ0v) is 16.5. The van der Waals surface area contributed by atoms with Crippen molar-refractivity contribution < 1.29 is 19.3 Å². The molecule has 4 rings (SSSR count). The van der Waals surface area contributed by atoms with Crippen molar-refractivity contribution in [3.8, 4) is 23.0 Å². The second-order valence-electron chi connectivity index (χ2n) is 8.49. The van der Waals surface area contributed by atoms with Gasteiger partial charge in [0.25, 0.3) is 0 Å². The van der Waals surface area contributed by atoms with E-state index in [0.29, 0.717) is 12.4 Å². The SMILES string of the molecule is CC(C)Oc1ccc([C@@H]2COc3c(ccc4c3CCC(C)(C)O4)C2)c(O)c1. The molecule has 2 aliphatic heterocycles. The fourth-order valence-corrected chi connectivity index (χ4v) is 4.03. The van der Waals surface area contributed by atoms with Gasteiger partial charge in [-0.1, -0.05) is 12.1 Å². The number of ether oxygens (including phenoxy) is 3. The van der Waals surface area contributed by atoms with E-state index in [1.165, 1.54) is 11.1 Å². The predicted octanol–water partition coefficient (Wildman–Crippen LogP) is 5.00. The summed E-state index contributed by atoms with van der Waals surface area (Å²) >= 11 is 0. The van der Waals surface area contributed by atoms with Crippen molar-refractivity contribution in [1.82, 2.24) is 0 Å². The van der Waals surface area contributed by atoms with Crippen molar-refractivity contribution >= 4 is 0 Å². The van der Waals surface area contributed by atoms with Crippen molar-refractivity contribution in [1.29, 1.82) is 0 Å². The monoisotopic (exact) mass is 368 g/mol. The van der Waals surface area contributed by atoms with Gasteiger partial charge in [-0.25, -0.2) is 0 Å². The maximum Gasteiger partial charge on any atom is 0.129 e. The molecule has 4 nitrogen and oxygen atoms in total. The van der Waals surface area contributed by atoms with E-state index in [4.69, 9.17) is 14.2 Å². The van der Waals surface area contributed by atoms with E-state index >= 15 is 0 Å². The fraction of sp³-hybridized carbons (Fsp3) is 0.478. The molecule has 2 aromatic rings. The van der Waals surface area contributed by atoms with Crippen molar-refractivity contribution in [2.45, 2.75) is 64.6 Å². The number of fused-ring (bicyclic) bond motifs is 3. The second-order valence-corrected chi connectivity index (χ2v) is 8.49. The molecule has 2 heterocycles. The zero-order chi connectivity index (χ0) is 19.2. The van der Waals surface area contributed by atoms with Gasteiger partial charge < -0.3 is 19.3 Å². The summed E-state index contributed by atoms with van der Waals surface area (Å²) in [5.41, 5.74) is 3.17. The molecule has 1 N–H and O–H groups in total. The highest BCUT2D eigenvalue weighted by Gasteiger charge is 2.32. The number of phenolic OH excluding ortho intramolecular Hbond substituents is 1. The van der Waals surface area contributed by atoms with E-state index in [1.807, 2.05) is 26.0 Å². The number of benzene rings is 2. The molecule has 144 valence electrons. The Hall–Kier alpha value is -2.36. The maximum atomic E-state index is 10.5. The Bertz CT molecular complexity index is 854.